The Balaban J connectivity index is 1.92. The molecule has 0 saturated heterocycles. The monoisotopic (exact) mass is 353 g/mol. The smallest absolute Gasteiger partial charge is 0.227 e. The third-order valence-corrected chi connectivity index (χ3v) is 3.97. The lowest BCUT2D eigenvalue weighted by molar-refractivity contribution is 0.0731. The molecule has 0 saturated carbocycles. The number of aromatic nitrogens is 4. The predicted molar refractivity (Wildman–Crippen MR) is 101 cm³/mol. The molecule has 1 aromatic carbocycles. The Hall–Kier alpha value is -2.93. The number of rotatable bonds is 5. The Morgan fingerprint density at radius 3 is 2.54 bits per heavy atom. The maximum absolute atomic E-state index is 10.3. The van der Waals surface area contributed by atoms with Crippen molar-refractivity contribution < 1.29 is 9.84 Å². The van der Waals surface area contributed by atoms with Crippen LogP contribution in [0.1, 0.15) is 30.8 Å². The van der Waals surface area contributed by atoms with E-state index in [2.05, 4.69) is 25.3 Å². The first-order valence-corrected chi connectivity index (χ1v) is 8.31. The molecule has 26 heavy (non-hydrogen) atoms. The first-order chi connectivity index (χ1) is 12.3. The van der Waals surface area contributed by atoms with Gasteiger partial charge in [-0.1, -0.05) is 0 Å². The fourth-order valence-electron chi connectivity index (χ4n) is 2.76. The largest absolute Gasteiger partial charge is 0.496 e. The van der Waals surface area contributed by atoms with Gasteiger partial charge in [0.2, 0.25) is 5.95 Å². The summed E-state index contributed by atoms with van der Waals surface area (Å²) < 4.78 is 5.50. The van der Waals surface area contributed by atoms with Crippen molar-refractivity contribution in [2.75, 3.05) is 12.4 Å². The number of hydrogen-bond donors (Lipinski definition) is 3. The minimum absolute atomic E-state index is 0.413. The number of anilines is 2. The first-order valence-electron chi connectivity index (χ1n) is 8.31. The van der Waals surface area contributed by atoms with Gasteiger partial charge in [0.1, 0.15) is 17.2 Å². The van der Waals surface area contributed by atoms with E-state index in [1.54, 1.807) is 33.4 Å². The first kappa shape index (κ1) is 17.9. The number of hydrogen-bond acceptors (Lipinski definition) is 6. The van der Waals surface area contributed by atoms with Gasteiger partial charge in [0.15, 0.2) is 0 Å². The number of H-pyrrole nitrogens is 1. The van der Waals surface area contributed by atoms with Crippen molar-refractivity contribution in [2.24, 2.45) is 0 Å². The summed E-state index contributed by atoms with van der Waals surface area (Å²) >= 11 is 0. The topological polar surface area (TPSA) is 95.9 Å². The highest BCUT2D eigenvalue weighted by molar-refractivity contribution is 5.70. The molecule has 0 aliphatic rings. The van der Waals surface area contributed by atoms with Gasteiger partial charge in [-0.3, -0.25) is 0 Å². The molecule has 7 heteroatoms. The van der Waals surface area contributed by atoms with Gasteiger partial charge in [0.25, 0.3) is 0 Å². The maximum atomic E-state index is 10.3. The van der Waals surface area contributed by atoms with Gasteiger partial charge >= 0.3 is 0 Å². The lowest BCUT2D eigenvalue weighted by Crippen LogP contribution is -2.20. The number of ether oxygens (including phenoxy) is 1. The summed E-state index contributed by atoms with van der Waals surface area (Å²) in [4.78, 5) is 16.3. The molecule has 0 aliphatic heterocycles. The third-order valence-electron chi connectivity index (χ3n) is 3.97. The Morgan fingerprint density at radius 2 is 1.92 bits per heavy atom. The van der Waals surface area contributed by atoms with Gasteiger partial charge in [-0.25, -0.2) is 15.0 Å². The van der Waals surface area contributed by atoms with Crippen LogP contribution >= 0.6 is 0 Å². The van der Waals surface area contributed by atoms with E-state index < -0.39 is 5.60 Å². The van der Waals surface area contributed by atoms with E-state index in [0.717, 1.165) is 28.3 Å². The van der Waals surface area contributed by atoms with Crippen molar-refractivity contribution in [1.29, 1.82) is 0 Å². The van der Waals surface area contributed by atoms with E-state index >= 15 is 0 Å². The van der Waals surface area contributed by atoms with Crippen molar-refractivity contribution in [3.05, 3.63) is 47.5 Å². The van der Waals surface area contributed by atoms with E-state index in [1.165, 1.54) is 0 Å². The van der Waals surface area contributed by atoms with Crippen LogP contribution in [0.3, 0.4) is 0 Å². The highest BCUT2D eigenvalue weighted by atomic mass is 16.5. The summed E-state index contributed by atoms with van der Waals surface area (Å²) in [5, 5.41) is 13.4. The zero-order valence-electron chi connectivity index (χ0n) is 15.6. The lowest BCUT2D eigenvalue weighted by atomic mass is 10.0. The van der Waals surface area contributed by atoms with E-state index in [0.29, 0.717) is 17.4 Å². The minimum Gasteiger partial charge on any atom is -0.496 e. The van der Waals surface area contributed by atoms with Crippen molar-refractivity contribution in [1.82, 2.24) is 19.9 Å². The molecule has 0 spiro atoms. The van der Waals surface area contributed by atoms with Crippen LogP contribution in [0.25, 0.3) is 11.4 Å². The fraction of sp³-hybridized carbons (Fsp3) is 0.316. The van der Waals surface area contributed by atoms with Gasteiger partial charge in [0.05, 0.1) is 18.4 Å². The third kappa shape index (κ3) is 3.67. The molecule has 2 heterocycles. The zero-order valence-corrected chi connectivity index (χ0v) is 15.6. The Kier molecular flexibility index (Phi) is 4.65. The number of imidazole rings is 1. The second-order valence-electron chi connectivity index (χ2n) is 6.74. The molecule has 2 aromatic heterocycles. The molecule has 7 nitrogen and oxygen atoms in total. The SMILES string of the molecule is COc1cc(Nc2ncc(C)c(C(C)(C)O)n2)ccc1-c1ncc(C)[nH]1. The molecule has 0 bridgehead atoms. The van der Waals surface area contributed by atoms with Gasteiger partial charge in [-0.2, -0.15) is 0 Å². The van der Waals surface area contributed by atoms with Crippen molar-refractivity contribution >= 4 is 11.6 Å². The van der Waals surface area contributed by atoms with Crippen LogP contribution in [0.15, 0.2) is 30.6 Å². The minimum atomic E-state index is -1.04. The summed E-state index contributed by atoms with van der Waals surface area (Å²) in [6.45, 7) is 7.23. The molecule has 0 fully saturated rings. The van der Waals surface area contributed by atoms with Crippen LogP contribution in [0, 0.1) is 13.8 Å². The number of nitrogens with one attached hydrogen (secondary N) is 2. The van der Waals surface area contributed by atoms with Crippen molar-refractivity contribution in [3.8, 4) is 17.1 Å². The van der Waals surface area contributed by atoms with Gasteiger partial charge < -0.3 is 20.1 Å². The standard InChI is InChI=1S/C19H23N5O2/c1-11-9-21-18(24-16(11)19(3,4)25)23-13-6-7-14(15(8-13)26-5)17-20-10-12(2)22-17/h6-10,25H,1-5H3,(H,20,22)(H,21,23,24). The molecule has 136 valence electrons. The van der Waals surface area contributed by atoms with Crippen LogP contribution in [0.5, 0.6) is 5.75 Å². The van der Waals surface area contributed by atoms with Gasteiger partial charge in [-0.15, -0.1) is 0 Å². The summed E-state index contributed by atoms with van der Waals surface area (Å²) in [7, 11) is 1.62. The Labute approximate surface area is 152 Å². The highest BCUT2D eigenvalue weighted by Gasteiger charge is 2.21. The zero-order chi connectivity index (χ0) is 18.9. The van der Waals surface area contributed by atoms with Crippen LogP contribution in [-0.4, -0.2) is 32.2 Å². The molecule has 0 unspecified atom stereocenters. The molecule has 3 rings (SSSR count). The van der Waals surface area contributed by atoms with Crippen LogP contribution in [0.2, 0.25) is 0 Å². The number of benzene rings is 1. The summed E-state index contributed by atoms with van der Waals surface area (Å²) in [6, 6.07) is 5.69. The summed E-state index contributed by atoms with van der Waals surface area (Å²) in [6.07, 6.45) is 3.47. The molecule has 0 radical (unpaired) electrons. The lowest BCUT2D eigenvalue weighted by Gasteiger charge is -2.19. The van der Waals surface area contributed by atoms with Crippen molar-refractivity contribution in [3.63, 3.8) is 0 Å². The van der Waals surface area contributed by atoms with Crippen LogP contribution < -0.4 is 10.1 Å². The second kappa shape index (κ2) is 6.76. The van der Waals surface area contributed by atoms with Crippen LogP contribution in [0.4, 0.5) is 11.6 Å². The predicted octanol–water partition coefficient (Wildman–Crippen LogP) is 3.46. The van der Waals surface area contributed by atoms with E-state index in [-0.39, 0.29) is 0 Å². The highest BCUT2D eigenvalue weighted by Crippen LogP contribution is 2.31. The molecular weight excluding hydrogens is 330 g/mol. The van der Waals surface area contributed by atoms with E-state index in [1.807, 2.05) is 32.0 Å². The van der Waals surface area contributed by atoms with Crippen molar-refractivity contribution in [2.45, 2.75) is 33.3 Å². The molecule has 0 atom stereocenters. The number of aryl methyl sites for hydroxylation is 2. The number of aromatic amines is 1. The molecule has 0 amide bonds. The average molecular weight is 353 g/mol. The maximum Gasteiger partial charge on any atom is 0.227 e. The summed E-state index contributed by atoms with van der Waals surface area (Å²) in [5.74, 6) is 1.84. The fourth-order valence-corrected chi connectivity index (χ4v) is 2.76. The molecule has 3 N–H and O–H groups in total. The molecule has 0 aliphatic carbocycles. The van der Waals surface area contributed by atoms with Gasteiger partial charge in [-0.05, 0) is 45.4 Å². The van der Waals surface area contributed by atoms with E-state index in [9.17, 15) is 5.11 Å². The van der Waals surface area contributed by atoms with Crippen LogP contribution in [-0.2, 0) is 5.60 Å². The molecular formula is C19H23N5O2. The molecule has 3 aromatic rings. The summed E-state index contributed by atoms with van der Waals surface area (Å²) in [5.41, 5.74) is 3.01. The Morgan fingerprint density at radius 1 is 1.15 bits per heavy atom. The quantitative estimate of drug-likeness (QED) is 0.650. The normalized spacial score (nSPS) is 11.5. The second-order valence-corrected chi connectivity index (χ2v) is 6.74. The Bertz CT molecular complexity index is 928. The van der Waals surface area contributed by atoms with E-state index in [4.69, 9.17) is 4.74 Å². The number of aliphatic hydroxyl groups is 1. The van der Waals surface area contributed by atoms with Gasteiger partial charge in [0, 0.05) is 29.8 Å². The average Bonchev–Trinajstić information content (AvgIpc) is 3.01. The number of methoxy groups -OCH3 is 1. The number of nitrogens with zero attached hydrogens (tertiary/aromatic N) is 3.